The minimum Gasteiger partial charge on any atom is -0.396 e. The number of nitrogens with zero attached hydrogens (tertiary/aromatic N) is 3. The molecule has 1 saturated heterocycles. The number of nitrogen functional groups attached to an aromatic ring is 1. The van der Waals surface area contributed by atoms with Gasteiger partial charge in [0.1, 0.15) is 15.6 Å². The first kappa shape index (κ1) is 18.7. The largest absolute Gasteiger partial charge is 0.396 e. The van der Waals surface area contributed by atoms with E-state index in [9.17, 15) is 4.79 Å². The van der Waals surface area contributed by atoms with Gasteiger partial charge in [0.05, 0.1) is 11.4 Å². The van der Waals surface area contributed by atoms with Crippen LogP contribution < -0.4 is 10.6 Å². The lowest BCUT2D eigenvalue weighted by molar-refractivity contribution is 0.104. The van der Waals surface area contributed by atoms with E-state index in [4.69, 9.17) is 17.3 Å². The smallest absolute Gasteiger partial charge is 0.205 e. The predicted molar refractivity (Wildman–Crippen MR) is 116 cm³/mol. The summed E-state index contributed by atoms with van der Waals surface area (Å²) in [7, 11) is 0. The van der Waals surface area contributed by atoms with Gasteiger partial charge in [-0.15, -0.1) is 16.5 Å². The monoisotopic (exact) mass is 410 g/mol. The van der Waals surface area contributed by atoms with Crippen molar-refractivity contribution in [3.8, 4) is 0 Å². The fourth-order valence-electron chi connectivity index (χ4n) is 3.16. The van der Waals surface area contributed by atoms with Crippen molar-refractivity contribution in [2.75, 3.05) is 23.7 Å². The number of rotatable bonds is 5. The Labute approximate surface area is 172 Å². The standard InChI is InChI=1S/C21H19ClN4OS/c22-15-10-8-14(9-11-15)19(27)20-17(23)18(21(28-20)26-12-4-5-13-26)25-24-16-6-2-1-3-7-16/h1-3,6-11H,4-5,12-13,23H2. The maximum absolute atomic E-state index is 13.0. The van der Waals surface area contributed by atoms with Gasteiger partial charge in [0, 0.05) is 23.7 Å². The fourth-order valence-corrected chi connectivity index (χ4v) is 4.45. The molecule has 2 heterocycles. The molecule has 0 unspecified atom stereocenters. The van der Waals surface area contributed by atoms with Crippen LogP contribution in [0.5, 0.6) is 0 Å². The number of azo groups is 1. The molecule has 0 bridgehead atoms. The average molecular weight is 411 g/mol. The number of halogens is 1. The first-order chi connectivity index (χ1) is 13.6. The van der Waals surface area contributed by atoms with Crippen LogP contribution in [0.1, 0.15) is 28.1 Å². The van der Waals surface area contributed by atoms with E-state index in [1.54, 1.807) is 24.3 Å². The molecule has 0 spiro atoms. The second kappa shape index (κ2) is 8.12. The highest BCUT2D eigenvalue weighted by molar-refractivity contribution is 7.19. The van der Waals surface area contributed by atoms with Crippen LogP contribution in [0.25, 0.3) is 0 Å². The Bertz CT molecular complexity index is 1010. The van der Waals surface area contributed by atoms with Crippen molar-refractivity contribution in [2.24, 2.45) is 10.2 Å². The summed E-state index contributed by atoms with van der Waals surface area (Å²) in [6, 6.07) is 16.3. The lowest BCUT2D eigenvalue weighted by atomic mass is 10.1. The maximum atomic E-state index is 13.0. The summed E-state index contributed by atoms with van der Waals surface area (Å²) in [6.45, 7) is 1.87. The van der Waals surface area contributed by atoms with Crippen molar-refractivity contribution >= 4 is 50.8 Å². The van der Waals surface area contributed by atoms with Crippen molar-refractivity contribution in [2.45, 2.75) is 12.8 Å². The lowest BCUT2D eigenvalue weighted by Crippen LogP contribution is -2.16. The molecule has 2 N–H and O–H groups in total. The molecule has 0 saturated carbocycles. The molecule has 28 heavy (non-hydrogen) atoms. The van der Waals surface area contributed by atoms with E-state index >= 15 is 0 Å². The van der Waals surface area contributed by atoms with Crippen LogP contribution in [0.4, 0.5) is 22.1 Å². The zero-order valence-electron chi connectivity index (χ0n) is 15.1. The van der Waals surface area contributed by atoms with Gasteiger partial charge in [-0.1, -0.05) is 29.8 Å². The zero-order valence-corrected chi connectivity index (χ0v) is 16.7. The highest BCUT2D eigenvalue weighted by Gasteiger charge is 2.26. The third kappa shape index (κ3) is 3.79. The van der Waals surface area contributed by atoms with Crippen molar-refractivity contribution in [1.82, 2.24) is 0 Å². The summed E-state index contributed by atoms with van der Waals surface area (Å²) in [6.07, 6.45) is 2.24. The van der Waals surface area contributed by atoms with E-state index in [0.717, 1.165) is 36.6 Å². The van der Waals surface area contributed by atoms with Crippen LogP contribution in [0.2, 0.25) is 5.02 Å². The number of carbonyl (C=O) groups is 1. The van der Waals surface area contributed by atoms with Crippen LogP contribution in [-0.2, 0) is 0 Å². The van der Waals surface area contributed by atoms with Gasteiger partial charge in [0.2, 0.25) is 5.78 Å². The second-order valence-electron chi connectivity index (χ2n) is 6.56. The molecule has 0 amide bonds. The van der Waals surface area contributed by atoms with Gasteiger partial charge in [-0.25, -0.2) is 0 Å². The third-order valence-corrected chi connectivity index (χ3v) is 6.13. The van der Waals surface area contributed by atoms with Crippen molar-refractivity contribution in [3.63, 3.8) is 0 Å². The first-order valence-electron chi connectivity index (χ1n) is 9.08. The fraction of sp³-hybridized carbons (Fsp3) is 0.190. The van der Waals surface area contributed by atoms with E-state index in [1.165, 1.54) is 11.3 Å². The quantitative estimate of drug-likeness (QED) is 0.400. The van der Waals surface area contributed by atoms with Gasteiger partial charge in [-0.2, -0.15) is 5.11 Å². The van der Waals surface area contributed by atoms with Crippen LogP contribution in [0.3, 0.4) is 0 Å². The SMILES string of the molecule is Nc1c(C(=O)c2ccc(Cl)cc2)sc(N2CCCC2)c1N=Nc1ccccc1. The van der Waals surface area contributed by atoms with Gasteiger partial charge < -0.3 is 10.6 Å². The van der Waals surface area contributed by atoms with E-state index in [-0.39, 0.29) is 5.78 Å². The van der Waals surface area contributed by atoms with Crippen LogP contribution >= 0.6 is 22.9 Å². The third-order valence-electron chi connectivity index (χ3n) is 4.63. The molecule has 0 atom stereocenters. The number of nitrogens with two attached hydrogens (primary N) is 1. The molecule has 0 aliphatic carbocycles. The molecule has 0 radical (unpaired) electrons. The highest BCUT2D eigenvalue weighted by atomic mass is 35.5. The zero-order chi connectivity index (χ0) is 19.5. The molecule has 2 aromatic carbocycles. The van der Waals surface area contributed by atoms with Crippen molar-refractivity contribution in [3.05, 3.63) is 70.1 Å². The summed E-state index contributed by atoms with van der Waals surface area (Å²) in [5.74, 6) is -0.124. The van der Waals surface area contributed by atoms with Crippen LogP contribution in [-0.4, -0.2) is 18.9 Å². The number of thiophene rings is 1. The Morgan fingerprint density at radius 3 is 2.36 bits per heavy atom. The number of hydrogen-bond acceptors (Lipinski definition) is 6. The van der Waals surface area contributed by atoms with Crippen LogP contribution in [0.15, 0.2) is 64.8 Å². The maximum Gasteiger partial charge on any atom is 0.205 e. The first-order valence-corrected chi connectivity index (χ1v) is 10.3. The van der Waals surface area contributed by atoms with E-state index in [0.29, 0.717) is 26.8 Å². The van der Waals surface area contributed by atoms with Gasteiger partial charge in [0.25, 0.3) is 0 Å². The Morgan fingerprint density at radius 2 is 1.68 bits per heavy atom. The molecule has 1 aliphatic heterocycles. The molecule has 7 heteroatoms. The topological polar surface area (TPSA) is 71.1 Å². The molecular weight excluding hydrogens is 392 g/mol. The molecule has 5 nitrogen and oxygen atoms in total. The summed E-state index contributed by atoms with van der Waals surface area (Å²) in [5.41, 5.74) is 8.64. The van der Waals surface area contributed by atoms with E-state index < -0.39 is 0 Å². The minimum atomic E-state index is -0.124. The molecular formula is C21H19ClN4OS. The highest BCUT2D eigenvalue weighted by Crippen LogP contribution is 2.47. The summed E-state index contributed by atoms with van der Waals surface area (Å²) < 4.78 is 0. The number of hydrogen-bond donors (Lipinski definition) is 1. The molecule has 3 aromatic rings. The van der Waals surface area contributed by atoms with Crippen molar-refractivity contribution < 1.29 is 4.79 Å². The molecule has 142 valence electrons. The van der Waals surface area contributed by atoms with Gasteiger partial charge in [-0.05, 0) is 49.2 Å². The number of anilines is 2. The lowest BCUT2D eigenvalue weighted by Gasteiger charge is -2.15. The summed E-state index contributed by atoms with van der Waals surface area (Å²) in [4.78, 5) is 15.8. The Balaban J connectivity index is 1.74. The number of benzene rings is 2. The van der Waals surface area contributed by atoms with Gasteiger partial charge in [0.15, 0.2) is 0 Å². The van der Waals surface area contributed by atoms with Crippen LogP contribution in [0, 0.1) is 0 Å². The second-order valence-corrected chi connectivity index (χ2v) is 8.00. The summed E-state index contributed by atoms with van der Waals surface area (Å²) >= 11 is 7.33. The van der Waals surface area contributed by atoms with Gasteiger partial charge >= 0.3 is 0 Å². The Hall–Kier alpha value is -2.70. The minimum absolute atomic E-state index is 0.124. The number of carbonyl (C=O) groups excluding carboxylic acids is 1. The predicted octanol–water partition coefficient (Wildman–Crippen LogP) is 6.23. The molecule has 1 fully saturated rings. The Kier molecular flexibility index (Phi) is 5.41. The van der Waals surface area contributed by atoms with E-state index in [1.807, 2.05) is 30.3 Å². The summed E-state index contributed by atoms with van der Waals surface area (Å²) in [5, 5.41) is 10.2. The molecule has 1 aromatic heterocycles. The van der Waals surface area contributed by atoms with Gasteiger partial charge in [-0.3, -0.25) is 4.79 Å². The van der Waals surface area contributed by atoms with E-state index in [2.05, 4.69) is 15.1 Å². The Morgan fingerprint density at radius 1 is 1.00 bits per heavy atom. The molecule has 1 aliphatic rings. The average Bonchev–Trinajstić information content (AvgIpc) is 3.35. The molecule has 4 rings (SSSR count). The normalized spacial score (nSPS) is 14.1. The number of ketones is 1. The van der Waals surface area contributed by atoms with Crippen molar-refractivity contribution in [1.29, 1.82) is 0 Å².